The lowest BCUT2D eigenvalue weighted by atomic mass is 10.1. The minimum Gasteiger partial charge on any atom is -0.492 e. The van der Waals surface area contributed by atoms with Crippen molar-refractivity contribution in [1.29, 1.82) is 0 Å². The summed E-state index contributed by atoms with van der Waals surface area (Å²) in [7, 11) is 0. The summed E-state index contributed by atoms with van der Waals surface area (Å²) in [6.07, 6.45) is 0.477. The predicted octanol–water partition coefficient (Wildman–Crippen LogP) is 2.03. The first kappa shape index (κ1) is 19.1. The molecule has 9 heteroatoms. The summed E-state index contributed by atoms with van der Waals surface area (Å²) in [4.78, 5) is 37.0. The molecule has 0 radical (unpaired) electrons. The molecule has 4 rings (SSSR count). The molecule has 29 heavy (non-hydrogen) atoms. The third-order valence-electron chi connectivity index (χ3n) is 4.64. The number of nitrogen functional groups attached to an aromatic ring is 1. The van der Waals surface area contributed by atoms with Crippen molar-refractivity contribution >= 4 is 34.5 Å². The van der Waals surface area contributed by atoms with E-state index < -0.39 is 5.25 Å². The second-order valence-corrected chi connectivity index (χ2v) is 7.85. The SMILES string of the molecule is Nc1ccc2c(c1)C(=O)N(CCOc1ccc(CC3SC(=O)NC3=O)cc1)CO2. The zero-order valence-corrected chi connectivity index (χ0v) is 16.2. The van der Waals surface area contributed by atoms with Crippen molar-refractivity contribution in [3.05, 3.63) is 53.6 Å². The molecule has 150 valence electrons. The third-order valence-corrected chi connectivity index (χ3v) is 5.62. The van der Waals surface area contributed by atoms with Crippen molar-refractivity contribution in [3.63, 3.8) is 0 Å². The van der Waals surface area contributed by atoms with Crippen LogP contribution in [-0.4, -0.2) is 47.1 Å². The van der Waals surface area contributed by atoms with Crippen molar-refractivity contribution in [2.45, 2.75) is 11.7 Å². The lowest BCUT2D eigenvalue weighted by Crippen LogP contribution is -2.41. The minimum absolute atomic E-state index is 0.139. The second kappa shape index (κ2) is 8.04. The van der Waals surface area contributed by atoms with Gasteiger partial charge >= 0.3 is 0 Å². The molecule has 2 aromatic rings. The van der Waals surface area contributed by atoms with Crippen LogP contribution in [0.4, 0.5) is 10.5 Å². The van der Waals surface area contributed by atoms with Gasteiger partial charge in [0.25, 0.3) is 11.1 Å². The Morgan fingerprint density at radius 3 is 2.69 bits per heavy atom. The van der Waals surface area contributed by atoms with Crippen molar-refractivity contribution in [2.75, 3.05) is 25.6 Å². The maximum atomic E-state index is 12.5. The summed E-state index contributed by atoms with van der Waals surface area (Å²) < 4.78 is 11.3. The third kappa shape index (κ3) is 4.29. The first-order valence-electron chi connectivity index (χ1n) is 9.04. The number of nitrogens with two attached hydrogens (primary N) is 1. The number of fused-ring (bicyclic) bond motifs is 1. The van der Waals surface area contributed by atoms with E-state index in [1.807, 2.05) is 12.1 Å². The predicted molar refractivity (Wildman–Crippen MR) is 108 cm³/mol. The monoisotopic (exact) mass is 413 g/mol. The van der Waals surface area contributed by atoms with Crippen LogP contribution in [0.1, 0.15) is 15.9 Å². The highest BCUT2D eigenvalue weighted by molar-refractivity contribution is 8.15. The zero-order valence-electron chi connectivity index (χ0n) is 15.4. The molecule has 8 nitrogen and oxygen atoms in total. The largest absolute Gasteiger partial charge is 0.492 e. The lowest BCUT2D eigenvalue weighted by molar-refractivity contribution is -0.118. The highest BCUT2D eigenvalue weighted by Gasteiger charge is 2.31. The molecule has 2 heterocycles. The fourth-order valence-electron chi connectivity index (χ4n) is 3.12. The highest BCUT2D eigenvalue weighted by atomic mass is 32.2. The Labute approximate surface area is 171 Å². The maximum absolute atomic E-state index is 12.5. The molecule has 1 unspecified atom stereocenters. The van der Waals surface area contributed by atoms with Crippen LogP contribution in [0.2, 0.25) is 0 Å². The molecular weight excluding hydrogens is 394 g/mol. The van der Waals surface area contributed by atoms with Gasteiger partial charge in [-0.3, -0.25) is 19.7 Å². The molecule has 3 amide bonds. The summed E-state index contributed by atoms with van der Waals surface area (Å²) in [6, 6.07) is 12.3. The molecule has 0 saturated carbocycles. The summed E-state index contributed by atoms with van der Waals surface area (Å²) >= 11 is 1.01. The topological polar surface area (TPSA) is 111 Å². The number of nitrogens with one attached hydrogen (secondary N) is 1. The first-order valence-corrected chi connectivity index (χ1v) is 9.92. The van der Waals surface area contributed by atoms with Crippen molar-refractivity contribution in [3.8, 4) is 11.5 Å². The van der Waals surface area contributed by atoms with E-state index in [9.17, 15) is 14.4 Å². The summed E-state index contributed by atoms with van der Waals surface area (Å²) in [5.41, 5.74) is 7.65. The second-order valence-electron chi connectivity index (χ2n) is 6.68. The van der Waals surface area contributed by atoms with Crippen LogP contribution >= 0.6 is 11.8 Å². The van der Waals surface area contributed by atoms with Crippen LogP contribution in [-0.2, 0) is 11.2 Å². The molecule has 1 atom stereocenters. The number of nitrogens with zero attached hydrogens (tertiary/aromatic N) is 1. The fraction of sp³-hybridized carbons (Fsp3) is 0.250. The van der Waals surface area contributed by atoms with E-state index in [0.717, 1.165) is 17.3 Å². The van der Waals surface area contributed by atoms with E-state index in [1.54, 1.807) is 35.2 Å². The molecule has 0 aliphatic carbocycles. The molecular formula is C20H19N3O5S. The van der Waals surface area contributed by atoms with Crippen LogP contribution in [0, 0.1) is 0 Å². The molecule has 0 bridgehead atoms. The van der Waals surface area contributed by atoms with Gasteiger partial charge in [-0.2, -0.15) is 0 Å². The maximum Gasteiger partial charge on any atom is 0.286 e. The number of thioether (sulfide) groups is 1. The lowest BCUT2D eigenvalue weighted by Gasteiger charge is -2.28. The number of ether oxygens (including phenoxy) is 2. The number of hydrogen-bond acceptors (Lipinski definition) is 7. The molecule has 1 saturated heterocycles. The van der Waals surface area contributed by atoms with Gasteiger partial charge in [-0.15, -0.1) is 0 Å². The van der Waals surface area contributed by atoms with Gasteiger partial charge in [0.15, 0.2) is 6.73 Å². The molecule has 0 aromatic heterocycles. The molecule has 1 fully saturated rings. The summed E-state index contributed by atoms with van der Waals surface area (Å²) in [5.74, 6) is 0.799. The van der Waals surface area contributed by atoms with E-state index in [0.29, 0.717) is 42.3 Å². The van der Waals surface area contributed by atoms with Crippen LogP contribution in [0.25, 0.3) is 0 Å². The average molecular weight is 413 g/mol. The normalized spacial score (nSPS) is 18.3. The number of carbonyl (C=O) groups is 3. The Morgan fingerprint density at radius 2 is 1.97 bits per heavy atom. The Morgan fingerprint density at radius 1 is 1.17 bits per heavy atom. The van der Waals surface area contributed by atoms with Gasteiger partial charge in [0.05, 0.1) is 17.4 Å². The van der Waals surface area contributed by atoms with Gasteiger partial charge in [0, 0.05) is 5.69 Å². The standard InChI is InChI=1S/C20H19N3O5S/c21-13-3-6-16-15(10-13)19(25)23(11-28-16)7-8-27-14-4-1-12(2-5-14)9-17-18(24)22-20(26)29-17/h1-6,10,17H,7-9,11,21H2,(H,22,24,26). The van der Waals surface area contributed by atoms with Gasteiger partial charge < -0.3 is 20.1 Å². The van der Waals surface area contributed by atoms with Gasteiger partial charge in [-0.1, -0.05) is 23.9 Å². The highest BCUT2D eigenvalue weighted by Crippen LogP contribution is 2.27. The van der Waals surface area contributed by atoms with Crippen LogP contribution in [0.3, 0.4) is 0 Å². The minimum atomic E-state index is -0.392. The number of benzene rings is 2. The smallest absolute Gasteiger partial charge is 0.286 e. The number of carbonyl (C=O) groups excluding carboxylic acids is 3. The van der Waals surface area contributed by atoms with Crippen LogP contribution in [0.5, 0.6) is 11.5 Å². The first-order chi connectivity index (χ1) is 14.0. The zero-order chi connectivity index (χ0) is 20.4. The Kier molecular flexibility index (Phi) is 5.30. The Balaban J connectivity index is 1.28. The van der Waals surface area contributed by atoms with Gasteiger partial charge in [0.2, 0.25) is 5.91 Å². The Bertz CT molecular complexity index is 963. The molecule has 3 N–H and O–H groups in total. The number of hydrogen-bond donors (Lipinski definition) is 2. The van der Waals surface area contributed by atoms with Crippen LogP contribution in [0.15, 0.2) is 42.5 Å². The van der Waals surface area contributed by atoms with Gasteiger partial charge in [-0.05, 0) is 42.3 Å². The van der Waals surface area contributed by atoms with Crippen LogP contribution < -0.4 is 20.5 Å². The molecule has 2 aliphatic rings. The van der Waals surface area contributed by atoms with E-state index in [2.05, 4.69) is 5.32 Å². The number of anilines is 1. The fourth-order valence-corrected chi connectivity index (χ4v) is 3.98. The van der Waals surface area contributed by atoms with E-state index >= 15 is 0 Å². The number of amides is 3. The van der Waals surface area contributed by atoms with Crippen molar-refractivity contribution in [2.24, 2.45) is 0 Å². The van der Waals surface area contributed by atoms with E-state index in [-0.39, 0.29) is 23.8 Å². The van der Waals surface area contributed by atoms with Crippen molar-refractivity contribution in [1.82, 2.24) is 10.2 Å². The number of rotatable bonds is 6. The quantitative estimate of drug-likeness (QED) is 0.697. The van der Waals surface area contributed by atoms with Crippen molar-refractivity contribution < 1.29 is 23.9 Å². The summed E-state index contributed by atoms with van der Waals surface area (Å²) in [5, 5.41) is 1.59. The molecule has 0 spiro atoms. The average Bonchev–Trinajstić information content (AvgIpc) is 3.02. The Hall–Kier alpha value is -3.20. The van der Waals surface area contributed by atoms with Gasteiger partial charge in [0.1, 0.15) is 18.1 Å². The van der Waals surface area contributed by atoms with E-state index in [4.69, 9.17) is 15.2 Å². The van der Waals surface area contributed by atoms with E-state index in [1.165, 1.54) is 0 Å². The number of imide groups is 1. The summed E-state index contributed by atoms with van der Waals surface area (Å²) in [6.45, 7) is 0.842. The van der Waals surface area contributed by atoms with Gasteiger partial charge in [-0.25, -0.2) is 0 Å². The molecule has 2 aromatic carbocycles. The molecule has 2 aliphatic heterocycles.